The Morgan fingerprint density at radius 3 is 2.70 bits per heavy atom. The highest BCUT2D eigenvalue weighted by Crippen LogP contribution is 2.44. The van der Waals surface area contributed by atoms with Crippen molar-refractivity contribution in [3.63, 3.8) is 0 Å². The maximum atomic E-state index is 12.2. The second-order valence-electron chi connectivity index (χ2n) is 19.3. The number of hydrogen-bond acceptors (Lipinski definition) is 15. The molecule has 10 N–H and O–H groups in total. The number of carbonyl (C=O) groups is 1. The SMILES string of the molecule is CN[C@H](O)[C@@H]1[C@@H]([NH+]2C=C3N=CC=C3C2)NC(=NCCCc2ccnc(N)c2)N[C@@]12CCC[C@H](Oc1cc(CC[C@H]3C[C@@H](OC(C)=O)C[C@@H](c4cc(O)c(O)c(OCCc5cccnc5)c4)O3)ccc1O)C2. The number of aliphatic hydroxyl groups excluding tert-OH is 1. The van der Waals surface area contributed by atoms with Gasteiger partial charge < -0.3 is 55.7 Å². The molecule has 1 unspecified atom stereocenters. The van der Waals surface area contributed by atoms with Crippen LogP contribution in [0.5, 0.6) is 28.7 Å². The number of quaternary nitrogens is 1. The summed E-state index contributed by atoms with van der Waals surface area (Å²) in [6, 6.07) is 16.2. The van der Waals surface area contributed by atoms with Gasteiger partial charge >= 0.3 is 5.97 Å². The van der Waals surface area contributed by atoms with Gasteiger partial charge in [-0.15, -0.1) is 0 Å². The summed E-state index contributed by atoms with van der Waals surface area (Å²) >= 11 is 0. The number of anilines is 1. The monoisotopic (exact) mass is 972 g/mol. The average Bonchev–Trinajstić information content (AvgIpc) is 3.98. The van der Waals surface area contributed by atoms with E-state index in [4.69, 9.17) is 29.7 Å². The minimum Gasteiger partial charge on any atom is -0.504 e. The van der Waals surface area contributed by atoms with Crippen LogP contribution in [0.25, 0.3) is 0 Å². The number of phenols is 3. The van der Waals surface area contributed by atoms with Gasteiger partial charge in [0, 0.05) is 69.5 Å². The van der Waals surface area contributed by atoms with Crippen molar-refractivity contribution in [3.8, 4) is 28.7 Å². The average molecular weight is 973 g/mol. The minimum atomic E-state index is -0.877. The van der Waals surface area contributed by atoms with E-state index in [0.717, 1.165) is 65.0 Å². The summed E-state index contributed by atoms with van der Waals surface area (Å²) in [5.41, 5.74) is 11.0. The molecular formula is C53H66N9O9+. The van der Waals surface area contributed by atoms with Crippen LogP contribution < -0.4 is 36.1 Å². The van der Waals surface area contributed by atoms with Crippen LogP contribution in [-0.4, -0.2) is 112 Å². The number of nitrogens with two attached hydrogens (primary N) is 1. The van der Waals surface area contributed by atoms with Gasteiger partial charge in [0.15, 0.2) is 35.1 Å². The first-order valence-electron chi connectivity index (χ1n) is 24.8. The van der Waals surface area contributed by atoms with Gasteiger partial charge in [0.2, 0.25) is 5.75 Å². The maximum absolute atomic E-state index is 12.2. The van der Waals surface area contributed by atoms with Crippen molar-refractivity contribution in [1.29, 1.82) is 0 Å². The van der Waals surface area contributed by atoms with Gasteiger partial charge in [-0.2, -0.15) is 0 Å². The zero-order valence-corrected chi connectivity index (χ0v) is 40.3. The lowest BCUT2D eigenvalue weighted by atomic mass is 9.68. The smallest absolute Gasteiger partial charge is 0.302 e. The first-order chi connectivity index (χ1) is 34.4. The molecule has 1 aliphatic carbocycles. The molecule has 6 heterocycles. The number of aryl methyl sites for hydroxylation is 2. The molecule has 18 heteroatoms. The van der Waals surface area contributed by atoms with Crippen LogP contribution in [0.3, 0.4) is 0 Å². The number of aromatic nitrogens is 2. The number of carbonyl (C=O) groups excluding carboxylic acids is 1. The van der Waals surface area contributed by atoms with Crippen LogP contribution in [-0.2, 0) is 33.5 Å². The fourth-order valence-corrected chi connectivity index (χ4v) is 10.9. The largest absolute Gasteiger partial charge is 0.504 e. The lowest BCUT2D eigenvalue weighted by Gasteiger charge is -2.54. The number of hydrogen-bond donors (Lipinski definition) is 9. The highest BCUT2D eigenvalue weighted by Gasteiger charge is 2.57. The number of rotatable bonds is 18. The van der Waals surface area contributed by atoms with E-state index in [9.17, 15) is 25.2 Å². The van der Waals surface area contributed by atoms with Crippen LogP contribution >= 0.6 is 0 Å². The Labute approximate surface area is 413 Å². The van der Waals surface area contributed by atoms with Crippen molar-refractivity contribution in [1.82, 2.24) is 25.9 Å². The van der Waals surface area contributed by atoms with Crippen LogP contribution in [0.15, 0.2) is 107 Å². The number of pyridine rings is 2. The summed E-state index contributed by atoms with van der Waals surface area (Å²) in [5.74, 6) is 0.250. The van der Waals surface area contributed by atoms with Gasteiger partial charge in [-0.3, -0.25) is 30.0 Å². The third-order valence-corrected chi connectivity index (χ3v) is 14.3. The molecule has 4 aliphatic heterocycles. The van der Waals surface area contributed by atoms with Crippen molar-refractivity contribution in [2.45, 2.75) is 120 Å². The van der Waals surface area contributed by atoms with Gasteiger partial charge in [-0.05, 0) is 123 Å². The molecule has 3 fully saturated rings. The molecular weight excluding hydrogens is 907 g/mol. The molecule has 2 saturated heterocycles. The van der Waals surface area contributed by atoms with Crippen molar-refractivity contribution in [3.05, 3.63) is 119 Å². The van der Waals surface area contributed by atoms with E-state index in [1.807, 2.05) is 48.7 Å². The number of aromatic hydroxyl groups is 3. The Kier molecular flexibility index (Phi) is 15.4. The number of guanidine groups is 1. The molecule has 2 aromatic heterocycles. The molecule has 376 valence electrons. The van der Waals surface area contributed by atoms with Gasteiger partial charge in [-0.1, -0.05) is 12.1 Å². The molecule has 2 aromatic carbocycles. The lowest BCUT2D eigenvalue weighted by molar-refractivity contribution is -0.874. The fraction of sp³-hybridized carbons (Fsp3) is 0.453. The molecule has 9 atom stereocenters. The Balaban J connectivity index is 0.894. The summed E-state index contributed by atoms with van der Waals surface area (Å²) in [6.45, 7) is 2.91. The van der Waals surface area contributed by atoms with Crippen molar-refractivity contribution in [2.75, 3.05) is 32.5 Å². The predicted molar refractivity (Wildman–Crippen MR) is 266 cm³/mol. The molecule has 1 saturated carbocycles. The highest BCUT2D eigenvalue weighted by atomic mass is 16.6. The number of esters is 1. The van der Waals surface area contributed by atoms with Crippen molar-refractivity contribution < 1.29 is 49.1 Å². The molecule has 0 amide bonds. The normalized spacial score (nSPS) is 26.7. The van der Waals surface area contributed by atoms with Crippen LogP contribution in [0.2, 0.25) is 0 Å². The third kappa shape index (κ3) is 11.9. The number of ether oxygens (including phenoxy) is 4. The first kappa shape index (κ1) is 49.3. The summed E-state index contributed by atoms with van der Waals surface area (Å²) in [5, 5.41) is 55.3. The molecule has 71 heavy (non-hydrogen) atoms. The minimum absolute atomic E-state index is 0.0255. The Hall–Kier alpha value is -6.73. The summed E-state index contributed by atoms with van der Waals surface area (Å²) < 4.78 is 25.1. The van der Waals surface area contributed by atoms with E-state index in [1.165, 1.54) is 13.0 Å². The number of aliphatic imine (C=N–C) groups is 2. The number of aliphatic hydroxyl groups is 1. The number of nitrogens with one attached hydrogen (secondary N) is 4. The number of phenolic OH excluding ortho intramolecular Hbond substituents is 3. The summed E-state index contributed by atoms with van der Waals surface area (Å²) in [6.07, 6.45) is 15.3. The lowest BCUT2D eigenvalue weighted by Crippen LogP contribution is -3.15. The summed E-state index contributed by atoms with van der Waals surface area (Å²) in [4.78, 5) is 31.3. The zero-order chi connectivity index (χ0) is 49.5. The number of benzene rings is 2. The highest BCUT2D eigenvalue weighted by molar-refractivity contribution is 5.82. The van der Waals surface area contributed by atoms with Crippen molar-refractivity contribution >= 4 is 24.0 Å². The second-order valence-corrected chi connectivity index (χ2v) is 19.3. The van der Waals surface area contributed by atoms with Crippen LogP contribution in [0, 0.1) is 5.92 Å². The van der Waals surface area contributed by atoms with E-state index < -0.39 is 29.9 Å². The quantitative estimate of drug-likeness (QED) is 0.0295. The predicted octanol–water partition coefficient (Wildman–Crippen LogP) is 4.05. The first-order valence-corrected chi connectivity index (χ1v) is 24.8. The molecule has 1 spiro atoms. The van der Waals surface area contributed by atoms with E-state index in [1.54, 1.807) is 37.8 Å². The molecule has 0 radical (unpaired) electrons. The van der Waals surface area contributed by atoms with Gasteiger partial charge in [0.25, 0.3) is 0 Å². The van der Waals surface area contributed by atoms with Gasteiger partial charge in [0.1, 0.15) is 42.7 Å². The number of nitrogens with zero attached hydrogens (tertiary/aromatic N) is 4. The topological polar surface area (TPSA) is 252 Å². The fourth-order valence-electron chi connectivity index (χ4n) is 10.9. The molecule has 4 aromatic rings. The molecule has 9 rings (SSSR count). The van der Waals surface area contributed by atoms with Crippen LogP contribution in [0.1, 0.15) is 86.6 Å². The van der Waals surface area contributed by atoms with Crippen LogP contribution in [0.4, 0.5) is 5.82 Å². The Morgan fingerprint density at radius 1 is 1.03 bits per heavy atom. The van der Waals surface area contributed by atoms with E-state index in [-0.39, 0.29) is 53.9 Å². The molecule has 5 aliphatic rings. The number of nitrogen functional groups attached to an aromatic ring is 1. The molecule has 0 bridgehead atoms. The Morgan fingerprint density at radius 2 is 1.90 bits per heavy atom. The van der Waals surface area contributed by atoms with Gasteiger partial charge in [-0.25, -0.2) is 4.98 Å². The third-order valence-electron chi connectivity index (χ3n) is 14.3. The second kappa shape index (κ2) is 22.1. The van der Waals surface area contributed by atoms with Crippen molar-refractivity contribution in [2.24, 2.45) is 15.9 Å². The summed E-state index contributed by atoms with van der Waals surface area (Å²) in [7, 11) is 1.77. The zero-order valence-electron chi connectivity index (χ0n) is 40.3. The van der Waals surface area contributed by atoms with Gasteiger partial charge in [0.05, 0.1) is 30.3 Å². The number of allylic oxidation sites excluding steroid dienone is 1. The van der Waals surface area contributed by atoms with E-state index in [0.29, 0.717) is 74.7 Å². The van der Waals surface area contributed by atoms with E-state index in [2.05, 4.69) is 37.1 Å². The Bertz CT molecular complexity index is 2650. The maximum Gasteiger partial charge on any atom is 0.302 e. The standard InChI is InChI=1S/C53H65N9O9/c1-32(63)69-40-26-38(70-44(27-40)37-24-43(65)49(66)46(25-37)68-21-15-35-7-4-17-56-29-35)11-9-34-10-12-42(64)45(22-34)71-39-8-3-16-53(28-39)48(51(67)55-2)50(62-30-36-14-20-57-41(36)31-62)60-52(61-53)59-18-5-6-33-13-19-58-47(54)23-33/h4,7,10,12-14,17,19-20,22-25,29,31,38-40,44,48,50-51,55,64-67H,3,5-6,8-9,11,15-16,18,21,26-28,30H2,1-2H3,(H2,54,58)(H2,59,60,61)/p+1/t38-,39-,40+,44-,48-,50+,51+,53+/m0/s1. The van der Waals surface area contributed by atoms with E-state index >= 15 is 0 Å². The number of fused-ring (bicyclic) bond motifs is 1. The molecule has 18 nitrogen and oxygen atoms in total.